The average molecular weight is 353 g/mol. The first kappa shape index (κ1) is 16.8. The van der Waals surface area contributed by atoms with Crippen LogP contribution in [0.5, 0.6) is 0 Å². The molecule has 2 amide bonds. The van der Waals surface area contributed by atoms with E-state index in [1.165, 1.54) is 12.8 Å². The van der Waals surface area contributed by atoms with E-state index in [0.29, 0.717) is 18.5 Å². The Bertz CT molecular complexity index is 809. The van der Waals surface area contributed by atoms with Gasteiger partial charge in [-0.15, -0.1) is 0 Å². The topological polar surface area (TPSA) is 75.4 Å². The van der Waals surface area contributed by atoms with Crippen molar-refractivity contribution in [2.24, 2.45) is 5.92 Å². The second kappa shape index (κ2) is 6.94. The second-order valence-corrected chi connectivity index (χ2v) is 7.21. The molecular weight excluding hydrogens is 330 g/mol. The van der Waals surface area contributed by atoms with Gasteiger partial charge in [0.2, 0.25) is 17.7 Å². The van der Waals surface area contributed by atoms with Crippen LogP contribution in [0.4, 0.5) is 5.88 Å². The fourth-order valence-electron chi connectivity index (χ4n) is 4.09. The fourth-order valence-corrected chi connectivity index (χ4v) is 4.09. The van der Waals surface area contributed by atoms with Crippen molar-refractivity contribution < 1.29 is 14.1 Å². The Morgan fingerprint density at radius 2 is 1.96 bits per heavy atom. The zero-order chi connectivity index (χ0) is 18.1. The van der Waals surface area contributed by atoms with Crippen molar-refractivity contribution in [3.8, 4) is 11.1 Å². The molecule has 1 unspecified atom stereocenters. The lowest BCUT2D eigenvalue weighted by molar-refractivity contribution is -0.129. The van der Waals surface area contributed by atoms with E-state index in [2.05, 4.69) is 10.5 Å². The van der Waals surface area contributed by atoms with Crippen molar-refractivity contribution in [2.45, 2.75) is 45.1 Å². The molecule has 2 aromatic rings. The van der Waals surface area contributed by atoms with Crippen LogP contribution >= 0.6 is 0 Å². The standard InChI is InChI=1S/C20H23N3O3/c1-13-18(14-7-3-2-4-8-14)20(26-22-13)21-19(25)15-11-17(24)23(12-15)16-9-5-6-10-16/h2-4,7-8,15-16H,5-6,9-12H2,1H3,(H,21,25). The van der Waals surface area contributed by atoms with E-state index in [4.69, 9.17) is 4.52 Å². The van der Waals surface area contributed by atoms with Crippen molar-refractivity contribution in [1.82, 2.24) is 10.1 Å². The van der Waals surface area contributed by atoms with Gasteiger partial charge in [0.25, 0.3) is 0 Å². The van der Waals surface area contributed by atoms with Crippen LogP contribution < -0.4 is 5.32 Å². The minimum absolute atomic E-state index is 0.0917. The number of carbonyl (C=O) groups is 2. The fraction of sp³-hybridized carbons (Fsp3) is 0.450. The number of benzene rings is 1. The lowest BCUT2D eigenvalue weighted by Gasteiger charge is -2.23. The van der Waals surface area contributed by atoms with Gasteiger partial charge in [-0.25, -0.2) is 0 Å². The van der Waals surface area contributed by atoms with Gasteiger partial charge in [0.1, 0.15) is 0 Å². The molecule has 1 aromatic carbocycles. The summed E-state index contributed by atoms with van der Waals surface area (Å²) in [6.45, 7) is 2.35. The Kier molecular flexibility index (Phi) is 4.49. The third-order valence-corrected chi connectivity index (χ3v) is 5.46. The summed E-state index contributed by atoms with van der Waals surface area (Å²) in [7, 11) is 0. The summed E-state index contributed by atoms with van der Waals surface area (Å²) in [4.78, 5) is 27.0. The molecular formula is C20H23N3O3. The van der Waals surface area contributed by atoms with Crippen molar-refractivity contribution in [1.29, 1.82) is 0 Å². The van der Waals surface area contributed by atoms with Gasteiger partial charge in [-0.2, -0.15) is 0 Å². The number of hydrogen-bond acceptors (Lipinski definition) is 4. The molecule has 6 nitrogen and oxygen atoms in total. The number of likely N-dealkylation sites (tertiary alicyclic amines) is 1. The summed E-state index contributed by atoms with van der Waals surface area (Å²) in [5.41, 5.74) is 2.45. The Balaban J connectivity index is 1.49. The van der Waals surface area contributed by atoms with Crippen LogP contribution in [0.3, 0.4) is 0 Å². The van der Waals surface area contributed by atoms with Gasteiger partial charge < -0.3 is 9.42 Å². The maximum absolute atomic E-state index is 12.7. The van der Waals surface area contributed by atoms with Crippen LogP contribution in [0.25, 0.3) is 11.1 Å². The van der Waals surface area contributed by atoms with E-state index < -0.39 is 0 Å². The first-order chi connectivity index (χ1) is 12.6. The van der Waals surface area contributed by atoms with Gasteiger partial charge in [0, 0.05) is 19.0 Å². The largest absolute Gasteiger partial charge is 0.339 e. The van der Waals surface area contributed by atoms with E-state index in [9.17, 15) is 9.59 Å². The zero-order valence-corrected chi connectivity index (χ0v) is 14.9. The minimum atomic E-state index is -0.336. The molecule has 26 heavy (non-hydrogen) atoms. The minimum Gasteiger partial charge on any atom is -0.339 e. The Labute approximate surface area is 152 Å². The number of nitrogens with zero attached hydrogens (tertiary/aromatic N) is 2. The highest BCUT2D eigenvalue weighted by Crippen LogP contribution is 2.33. The van der Waals surface area contributed by atoms with Crippen molar-refractivity contribution in [2.75, 3.05) is 11.9 Å². The van der Waals surface area contributed by atoms with Gasteiger partial charge in [0.05, 0.1) is 17.2 Å². The number of carbonyl (C=O) groups excluding carboxylic acids is 2. The molecule has 0 bridgehead atoms. The second-order valence-electron chi connectivity index (χ2n) is 7.21. The average Bonchev–Trinajstić information content (AvgIpc) is 3.36. The molecule has 1 aliphatic heterocycles. The predicted molar refractivity (Wildman–Crippen MR) is 97.4 cm³/mol. The predicted octanol–water partition coefficient (Wildman–Crippen LogP) is 3.38. The Morgan fingerprint density at radius 3 is 2.69 bits per heavy atom. The highest BCUT2D eigenvalue weighted by molar-refractivity contribution is 5.98. The quantitative estimate of drug-likeness (QED) is 0.914. The van der Waals surface area contributed by atoms with Gasteiger partial charge in [0.15, 0.2) is 0 Å². The monoisotopic (exact) mass is 353 g/mol. The van der Waals surface area contributed by atoms with E-state index in [1.54, 1.807) is 0 Å². The number of hydrogen-bond donors (Lipinski definition) is 1. The van der Waals surface area contributed by atoms with Gasteiger partial charge in [-0.1, -0.05) is 48.3 Å². The molecule has 1 saturated heterocycles. The molecule has 136 valence electrons. The molecule has 4 rings (SSSR count). The highest BCUT2D eigenvalue weighted by Gasteiger charge is 2.39. The molecule has 1 aliphatic carbocycles. The van der Waals surface area contributed by atoms with Crippen LogP contribution in [0.2, 0.25) is 0 Å². The molecule has 0 spiro atoms. The number of aryl methyl sites for hydroxylation is 1. The summed E-state index contributed by atoms with van der Waals surface area (Å²) in [5, 5.41) is 6.85. The summed E-state index contributed by atoms with van der Waals surface area (Å²) >= 11 is 0. The van der Waals surface area contributed by atoms with Gasteiger partial charge >= 0.3 is 0 Å². The van der Waals surface area contributed by atoms with E-state index in [-0.39, 0.29) is 24.2 Å². The maximum Gasteiger partial charge on any atom is 0.239 e. The number of amides is 2. The van der Waals surface area contributed by atoms with Crippen molar-refractivity contribution in [3.05, 3.63) is 36.0 Å². The molecule has 1 atom stereocenters. The normalized spacial score (nSPS) is 20.7. The van der Waals surface area contributed by atoms with Crippen molar-refractivity contribution >= 4 is 17.7 Å². The number of aromatic nitrogens is 1. The molecule has 2 aliphatic rings. The maximum atomic E-state index is 12.7. The van der Waals surface area contributed by atoms with Gasteiger partial charge in [-0.05, 0) is 25.3 Å². The molecule has 2 fully saturated rings. The molecule has 6 heteroatoms. The number of anilines is 1. The summed E-state index contributed by atoms with van der Waals surface area (Å²) in [6.07, 6.45) is 4.72. The van der Waals surface area contributed by atoms with E-state index >= 15 is 0 Å². The van der Waals surface area contributed by atoms with Crippen LogP contribution in [-0.2, 0) is 9.59 Å². The Hall–Kier alpha value is -2.63. The van der Waals surface area contributed by atoms with E-state index in [0.717, 1.165) is 29.7 Å². The van der Waals surface area contributed by atoms with E-state index in [1.807, 2.05) is 42.2 Å². The highest BCUT2D eigenvalue weighted by atomic mass is 16.5. The van der Waals surface area contributed by atoms with Crippen LogP contribution in [0.15, 0.2) is 34.9 Å². The first-order valence-electron chi connectivity index (χ1n) is 9.25. The first-order valence-corrected chi connectivity index (χ1v) is 9.25. The Morgan fingerprint density at radius 1 is 1.23 bits per heavy atom. The SMILES string of the molecule is Cc1noc(NC(=O)C2CC(=O)N(C3CCCC3)C2)c1-c1ccccc1. The van der Waals surface area contributed by atoms with Crippen molar-refractivity contribution in [3.63, 3.8) is 0 Å². The lowest BCUT2D eigenvalue weighted by Crippen LogP contribution is -2.35. The van der Waals surface area contributed by atoms with Crippen LogP contribution in [0.1, 0.15) is 37.8 Å². The molecule has 2 heterocycles. The van der Waals surface area contributed by atoms with Crippen LogP contribution in [-0.4, -0.2) is 34.5 Å². The molecule has 1 N–H and O–H groups in total. The number of rotatable bonds is 4. The smallest absolute Gasteiger partial charge is 0.239 e. The number of nitrogens with one attached hydrogen (secondary N) is 1. The molecule has 0 radical (unpaired) electrons. The molecule has 1 aromatic heterocycles. The third kappa shape index (κ3) is 3.11. The zero-order valence-electron chi connectivity index (χ0n) is 14.9. The summed E-state index contributed by atoms with van der Waals surface area (Å²) in [5.74, 6) is -0.0659. The summed E-state index contributed by atoms with van der Waals surface area (Å²) < 4.78 is 5.35. The third-order valence-electron chi connectivity index (χ3n) is 5.46. The van der Waals surface area contributed by atoms with Crippen LogP contribution in [0, 0.1) is 12.8 Å². The summed E-state index contributed by atoms with van der Waals surface area (Å²) in [6, 6.07) is 10.0. The lowest BCUT2D eigenvalue weighted by atomic mass is 10.1. The molecule has 1 saturated carbocycles. The van der Waals surface area contributed by atoms with Gasteiger partial charge in [-0.3, -0.25) is 14.9 Å².